The predicted molar refractivity (Wildman–Crippen MR) is 120 cm³/mol. The Morgan fingerprint density at radius 3 is 2.52 bits per heavy atom. The zero-order valence-corrected chi connectivity index (χ0v) is 17.4. The van der Waals surface area contributed by atoms with Gasteiger partial charge >= 0.3 is 0 Å². The SMILES string of the molecule is CC(=O)Nc1ccc(-c2csc(NC(=O)c3ccc(NC4CC4)c([N+](=O)[O-])c3)n2)cc1. The van der Waals surface area contributed by atoms with Gasteiger partial charge in [0.2, 0.25) is 5.91 Å². The number of nitrogens with zero attached hydrogens (tertiary/aromatic N) is 2. The Hall–Kier alpha value is -3.79. The van der Waals surface area contributed by atoms with Gasteiger partial charge in [-0.15, -0.1) is 11.3 Å². The average Bonchev–Trinajstić information content (AvgIpc) is 3.43. The van der Waals surface area contributed by atoms with Crippen LogP contribution in [0.2, 0.25) is 0 Å². The van der Waals surface area contributed by atoms with E-state index in [0.29, 0.717) is 22.2 Å². The highest BCUT2D eigenvalue weighted by Gasteiger charge is 2.25. The Balaban J connectivity index is 1.47. The Bertz CT molecular complexity index is 1150. The van der Waals surface area contributed by atoms with Gasteiger partial charge in [-0.3, -0.25) is 25.0 Å². The largest absolute Gasteiger partial charge is 0.377 e. The first-order chi connectivity index (χ1) is 14.9. The van der Waals surface area contributed by atoms with E-state index in [1.165, 1.54) is 24.3 Å². The van der Waals surface area contributed by atoms with Gasteiger partial charge in [0.05, 0.1) is 10.6 Å². The molecule has 1 aliphatic rings. The van der Waals surface area contributed by atoms with Crippen LogP contribution in [-0.2, 0) is 4.79 Å². The first-order valence-electron chi connectivity index (χ1n) is 9.59. The second-order valence-corrected chi connectivity index (χ2v) is 8.02. The number of amides is 2. The second kappa shape index (κ2) is 8.52. The van der Waals surface area contributed by atoms with Crippen LogP contribution in [0.5, 0.6) is 0 Å². The highest BCUT2D eigenvalue weighted by Crippen LogP contribution is 2.32. The third-order valence-corrected chi connectivity index (χ3v) is 5.38. The van der Waals surface area contributed by atoms with Crippen molar-refractivity contribution in [3.63, 3.8) is 0 Å². The van der Waals surface area contributed by atoms with Crippen LogP contribution in [0.1, 0.15) is 30.1 Å². The molecule has 3 N–H and O–H groups in total. The second-order valence-electron chi connectivity index (χ2n) is 7.16. The van der Waals surface area contributed by atoms with E-state index in [4.69, 9.17) is 0 Å². The number of hydrogen-bond donors (Lipinski definition) is 3. The van der Waals surface area contributed by atoms with Crippen molar-refractivity contribution in [2.75, 3.05) is 16.0 Å². The van der Waals surface area contributed by atoms with E-state index >= 15 is 0 Å². The number of rotatable bonds is 7. The van der Waals surface area contributed by atoms with Crippen LogP contribution in [0.4, 0.5) is 22.2 Å². The number of nitrogens with one attached hydrogen (secondary N) is 3. The van der Waals surface area contributed by atoms with Gasteiger partial charge in [0.25, 0.3) is 11.6 Å². The number of thiazole rings is 1. The summed E-state index contributed by atoms with van der Waals surface area (Å²) in [5, 5.41) is 22.1. The maximum absolute atomic E-state index is 12.6. The van der Waals surface area contributed by atoms with E-state index in [1.54, 1.807) is 29.6 Å². The van der Waals surface area contributed by atoms with Gasteiger partial charge in [0.15, 0.2) is 5.13 Å². The topological polar surface area (TPSA) is 126 Å². The smallest absolute Gasteiger partial charge is 0.293 e. The number of nitro benzene ring substituents is 1. The van der Waals surface area contributed by atoms with Crippen LogP contribution in [0.15, 0.2) is 47.8 Å². The quantitative estimate of drug-likeness (QED) is 0.369. The molecule has 3 aromatic rings. The molecule has 0 atom stereocenters. The lowest BCUT2D eigenvalue weighted by molar-refractivity contribution is -0.384. The lowest BCUT2D eigenvalue weighted by atomic mass is 10.1. The molecule has 0 radical (unpaired) electrons. The van der Waals surface area contributed by atoms with Gasteiger partial charge in [0, 0.05) is 41.2 Å². The molecule has 9 nitrogen and oxygen atoms in total. The van der Waals surface area contributed by atoms with E-state index in [9.17, 15) is 19.7 Å². The van der Waals surface area contributed by atoms with Gasteiger partial charge in [-0.05, 0) is 37.1 Å². The predicted octanol–water partition coefficient (Wildman–Crippen LogP) is 4.50. The number of nitro groups is 1. The molecule has 1 aromatic heterocycles. The Kier molecular flexibility index (Phi) is 5.63. The number of benzene rings is 2. The average molecular weight is 437 g/mol. The minimum atomic E-state index is -0.492. The van der Waals surface area contributed by atoms with Gasteiger partial charge in [-0.1, -0.05) is 12.1 Å². The summed E-state index contributed by atoms with van der Waals surface area (Å²) in [7, 11) is 0. The molecule has 1 fully saturated rings. The number of carbonyl (C=O) groups excluding carboxylic acids is 2. The number of anilines is 3. The molecular weight excluding hydrogens is 418 g/mol. The molecule has 31 heavy (non-hydrogen) atoms. The summed E-state index contributed by atoms with van der Waals surface area (Å²) in [6, 6.07) is 11.8. The van der Waals surface area contributed by atoms with E-state index in [0.717, 1.165) is 18.4 Å². The summed E-state index contributed by atoms with van der Waals surface area (Å²) in [5.41, 5.74) is 2.66. The molecule has 1 heterocycles. The van der Waals surface area contributed by atoms with Crippen molar-refractivity contribution in [2.24, 2.45) is 0 Å². The van der Waals surface area contributed by atoms with Crippen LogP contribution in [0, 0.1) is 10.1 Å². The molecule has 1 saturated carbocycles. The van der Waals surface area contributed by atoms with Crippen LogP contribution in [0.3, 0.4) is 0 Å². The molecule has 4 rings (SSSR count). The van der Waals surface area contributed by atoms with Crippen LogP contribution in [-0.4, -0.2) is 27.8 Å². The highest BCUT2D eigenvalue weighted by atomic mass is 32.1. The summed E-state index contributed by atoms with van der Waals surface area (Å²) < 4.78 is 0. The molecule has 10 heteroatoms. The first kappa shape index (κ1) is 20.5. The third kappa shape index (κ3) is 5.04. The Morgan fingerprint density at radius 2 is 1.87 bits per heavy atom. The summed E-state index contributed by atoms with van der Waals surface area (Å²) in [6.45, 7) is 1.44. The van der Waals surface area contributed by atoms with Crippen molar-refractivity contribution < 1.29 is 14.5 Å². The minimum Gasteiger partial charge on any atom is -0.377 e. The van der Waals surface area contributed by atoms with Crippen molar-refractivity contribution in [1.82, 2.24) is 4.98 Å². The normalized spacial score (nSPS) is 12.8. The lowest BCUT2D eigenvalue weighted by Gasteiger charge is -2.07. The van der Waals surface area contributed by atoms with Gasteiger partial charge in [-0.2, -0.15) is 0 Å². The molecule has 158 valence electrons. The number of aromatic nitrogens is 1. The zero-order valence-electron chi connectivity index (χ0n) is 16.5. The molecule has 2 aromatic carbocycles. The van der Waals surface area contributed by atoms with E-state index in [2.05, 4.69) is 20.9 Å². The maximum Gasteiger partial charge on any atom is 0.293 e. The summed E-state index contributed by atoms with van der Waals surface area (Å²) >= 11 is 1.25. The maximum atomic E-state index is 12.6. The summed E-state index contributed by atoms with van der Waals surface area (Å²) in [4.78, 5) is 39.0. The minimum absolute atomic E-state index is 0.126. The number of carbonyl (C=O) groups is 2. The van der Waals surface area contributed by atoms with Gasteiger partial charge in [0.1, 0.15) is 5.69 Å². The molecular formula is C21H19N5O4S. The van der Waals surface area contributed by atoms with Crippen LogP contribution >= 0.6 is 11.3 Å². The standard InChI is InChI=1S/C21H19N5O4S/c1-12(27)22-15-5-2-13(3-6-15)18-11-31-21(24-18)25-20(28)14-4-9-17(23-16-7-8-16)19(10-14)26(29)30/h2-6,9-11,16,23H,7-8H2,1H3,(H,22,27)(H,24,25,28). The van der Waals surface area contributed by atoms with Crippen molar-refractivity contribution in [3.8, 4) is 11.3 Å². The molecule has 1 aliphatic carbocycles. The molecule has 0 bridgehead atoms. The fourth-order valence-electron chi connectivity index (χ4n) is 2.95. The first-order valence-corrected chi connectivity index (χ1v) is 10.5. The highest BCUT2D eigenvalue weighted by molar-refractivity contribution is 7.14. The third-order valence-electron chi connectivity index (χ3n) is 4.62. The summed E-state index contributed by atoms with van der Waals surface area (Å²) in [5.74, 6) is -0.619. The monoisotopic (exact) mass is 437 g/mol. The Labute approximate surface area is 181 Å². The Morgan fingerprint density at radius 1 is 1.13 bits per heavy atom. The molecule has 0 unspecified atom stereocenters. The zero-order chi connectivity index (χ0) is 22.0. The van der Waals surface area contributed by atoms with Crippen molar-refractivity contribution >= 4 is 45.3 Å². The van der Waals surface area contributed by atoms with Gasteiger partial charge < -0.3 is 10.6 Å². The van der Waals surface area contributed by atoms with E-state index in [-0.39, 0.29) is 23.2 Å². The molecule has 2 amide bonds. The van der Waals surface area contributed by atoms with E-state index < -0.39 is 10.8 Å². The van der Waals surface area contributed by atoms with Crippen molar-refractivity contribution in [1.29, 1.82) is 0 Å². The molecule has 0 aliphatic heterocycles. The fourth-order valence-corrected chi connectivity index (χ4v) is 3.67. The van der Waals surface area contributed by atoms with Crippen molar-refractivity contribution in [2.45, 2.75) is 25.8 Å². The molecule has 0 saturated heterocycles. The van der Waals surface area contributed by atoms with Crippen molar-refractivity contribution in [3.05, 3.63) is 63.5 Å². The summed E-state index contributed by atoms with van der Waals surface area (Å²) in [6.07, 6.45) is 1.98. The van der Waals surface area contributed by atoms with Gasteiger partial charge in [-0.25, -0.2) is 4.98 Å². The van der Waals surface area contributed by atoms with Crippen LogP contribution in [0.25, 0.3) is 11.3 Å². The van der Waals surface area contributed by atoms with Crippen LogP contribution < -0.4 is 16.0 Å². The lowest BCUT2D eigenvalue weighted by Crippen LogP contribution is -2.13. The van der Waals surface area contributed by atoms with E-state index in [1.807, 2.05) is 12.1 Å². The molecule has 0 spiro atoms. The fraction of sp³-hybridized carbons (Fsp3) is 0.190. The number of hydrogen-bond acceptors (Lipinski definition) is 7.